The molecular weight excluding hydrogens is 278 g/mol. The number of ether oxygens (including phenoxy) is 2. The molecule has 0 N–H and O–H groups in total. The number of hydroxylamine groups is 2. The van der Waals surface area contributed by atoms with Crippen molar-refractivity contribution in [3.05, 3.63) is 29.1 Å². The van der Waals surface area contributed by atoms with Crippen molar-refractivity contribution < 1.29 is 19.1 Å². The van der Waals surface area contributed by atoms with Crippen molar-refractivity contribution in [2.24, 2.45) is 0 Å². The molecule has 1 aliphatic rings. The standard InChI is InChI=1S/C14H15NO4S/c1-15(17-2)14(16)13-12(19-8-9-7-18-9)10-5-3-4-6-11(10)20-13/h3-6,9H,7-8H2,1-2H3. The molecule has 0 radical (unpaired) electrons. The van der Waals surface area contributed by atoms with Crippen molar-refractivity contribution in [2.45, 2.75) is 6.10 Å². The molecule has 0 saturated carbocycles. The summed E-state index contributed by atoms with van der Waals surface area (Å²) >= 11 is 1.41. The van der Waals surface area contributed by atoms with Crippen LogP contribution in [0.2, 0.25) is 0 Å². The largest absolute Gasteiger partial charge is 0.488 e. The van der Waals surface area contributed by atoms with Gasteiger partial charge >= 0.3 is 0 Å². The average Bonchev–Trinajstić information content (AvgIpc) is 3.23. The van der Waals surface area contributed by atoms with E-state index in [0.29, 0.717) is 17.2 Å². The maximum Gasteiger partial charge on any atom is 0.291 e. The van der Waals surface area contributed by atoms with Gasteiger partial charge in [-0.2, -0.15) is 0 Å². The van der Waals surface area contributed by atoms with E-state index in [9.17, 15) is 4.79 Å². The number of carbonyl (C=O) groups excluding carboxylic acids is 1. The van der Waals surface area contributed by atoms with Crippen LogP contribution in [-0.2, 0) is 9.57 Å². The normalized spacial score (nSPS) is 17.2. The highest BCUT2D eigenvalue weighted by Crippen LogP contribution is 2.38. The van der Waals surface area contributed by atoms with E-state index in [1.807, 2.05) is 24.3 Å². The van der Waals surface area contributed by atoms with E-state index in [1.54, 1.807) is 7.05 Å². The highest BCUT2D eigenvalue weighted by molar-refractivity contribution is 7.21. The second-order valence-corrected chi connectivity index (χ2v) is 5.56. The van der Waals surface area contributed by atoms with Gasteiger partial charge in [0.05, 0.1) is 13.7 Å². The van der Waals surface area contributed by atoms with Gasteiger partial charge in [-0.05, 0) is 12.1 Å². The van der Waals surface area contributed by atoms with E-state index in [1.165, 1.54) is 23.5 Å². The third-order valence-corrected chi connectivity index (χ3v) is 4.26. The fraction of sp³-hybridized carbons (Fsp3) is 0.357. The molecule has 1 atom stereocenters. The number of benzene rings is 1. The number of hydrogen-bond donors (Lipinski definition) is 0. The molecule has 1 aliphatic heterocycles. The number of rotatable bonds is 5. The third-order valence-electron chi connectivity index (χ3n) is 3.12. The van der Waals surface area contributed by atoms with E-state index in [2.05, 4.69) is 0 Å². The fourth-order valence-electron chi connectivity index (χ4n) is 1.87. The first-order valence-electron chi connectivity index (χ1n) is 6.29. The lowest BCUT2D eigenvalue weighted by atomic mass is 10.2. The number of carbonyl (C=O) groups is 1. The van der Waals surface area contributed by atoms with Crippen LogP contribution < -0.4 is 4.74 Å². The van der Waals surface area contributed by atoms with Crippen LogP contribution in [-0.4, -0.2) is 44.4 Å². The van der Waals surface area contributed by atoms with Gasteiger partial charge in [0.2, 0.25) is 0 Å². The van der Waals surface area contributed by atoms with Gasteiger partial charge in [-0.1, -0.05) is 12.1 Å². The molecule has 6 heteroatoms. The summed E-state index contributed by atoms with van der Waals surface area (Å²) < 4.78 is 12.0. The van der Waals surface area contributed by atoms with Crippen LogP contribution in [0.15, 0.2) is 24.3 Å². The Balaban J connectivity index is 1.99. The van der Waals surface area contributed by atoms with Gasteiger partial charge < -0.3 is 9.47 Å². The van der Waals surface area contributed by atoms with Crippen molar-refractivity contribution in [1.82, 2.24) is 5.06 Å². The van der Waals surface area contributed by atoms with Gasteiger partial charge in [-0.25, -0.2) is 5.06 Å². The maximum absolute atomic E-state index is 12.3. The zero-order valence-corrected chi connectivity index (χ0v) is 12.1. The number of thiophene rings is 1. The Hall–Kier alpha value is -1.63. The van der Waals surface area contributed by atoms with Crippen molar-refractivity contribution in [3.63, 3.8) is 0 Å². The number of epoxide rings is 1. The summed E-state index contributed by atoms with van der Waals surface area (Å²) in [7, 11) is 3.05. The Morgan fingerprint density at radius 1 is 1.50 bits per heavy atom. The zero-order chi connectivity index (χ0) is 14.1. The van der Waals surface area contributed by atoms with E-state index in [4.69, 9.17) is 14.3 Å². The quantitative estimate of drug-likeness (QED) is 0.627. The predicted molar refractivity (Wildman–Crippen MR) is 76.2 cm³/mol. The summed E-state index contributed by atoms with van der Waals surface area (Å²) in [4.78, 5) is 17.8. The molecule has 3 rings (SSSR count). The molecule has 2 aromatic rings. The number of amides is 1. The van der Waals surface area contributed by atoms with Gasteiger partial charge in [0.15, 0.2) is 5.75 Å². The van der Waals surface area contributed by atoms with Crippen molar-refractivity contribution >= 4 is 27.3 Å². The van der Waals surface area contributed by atoms with Gasteiger partial charge in [-0.3, -0.25) is 9.63 Å². The molecule has 1 fully saturated rings. The Kier molecular flexibility index (Phi) is 3.60. The van der Waals surface area contributed by atoms with Crippen LogP contribution in [0.1, 0.15) is 9.67 Å². The molecule has 1 saturated heterocycles. The molecule has 1 unspecified atom stereocenters. The molecule has 2 heterocycles. The lowest BCUT2D eigenvalue weighted by Crippen LogP contribution is -2.25. The fourth-order valence-corrected chi connectivity index (χ4v) is 2.99. The van der Waals surface area contributed by atoms with E-state index >= 15 is 0 Å². The summed E-state index contributed by atoms with van der Waals surface area (Å²) in [6.07, 6.45) is 0.150. The van der Waals surface area contributed by atoms with Crippen LogP contribution in [0.5, 0.6) is 5.75 Å². The Morgan fingerprint density at radius 3 is 2.95 bits per heavy atom. The van der Waals surface area contributed by atoms with Crippen LogP contribution in [0, 0.1) is 0 Å². The van der Waals surface area contributed by atoms with Crippen LogP contribution in [0.3, 0.4) is 0 Å². The average molecular weight is 293 g/mol. The molecule has 0 aliphatic carbocycles. The summed E-state index contributed by atoms with van der Waals surface area (Å²) in [6.45, 7) is 1.20. The van der Waals surface area contributed by atoms with Crippen LogP contribution in [0.4, 0.5) is 0 Å². The summed E-state index contributed by atoms with van der Waals surface area (Å²) in [5, 5.41) is 2.15. The smallest absolute Gasteiger partial charge is 0.291 e. The zero-order valence-electron chi connectivity index (χ0n) is 11.3. The van der Waals surface area contributed by atoms with Crippen molar-refractivity contribution in [2.75, 3.05) is 27.4 Å². The molecule has 106 valence electrons. The van der Waals surface area contributed by atoms with Gasteiger partial charge in [0, 0.05) is 17.1 Å². The highest BCUT2D eigenvalue weighted by Gasteiger charge is 2.27. The summed E-state index contributed by atoms with van der Waals surface area (Å²) in [5.41, 5.74) is 0. The molecular formula is C14H15NO4S. The van der Waals surface area contributed by atoms with E-state index in [0.717, 1.165) is 16.7 Å². The number of fused-ring (bicyclic) bond motifs is 1. The minimum Gasteiger partial charge on any atom is -0.488 e. The number of hydrogen-bond acceptors (Lipinski definition) is 5. The van der Waals surface area contributed by atoms with Gasteiger partial charge in [0.25, 0.3) is 5.91 Å². The van der Waals surface area contributed by atoms with Gasteiger partial charge in [0.1, 0.15) is 17.6 Å². The summed E-state index contributed by atoms with van der Waals surface area (Å²) in [6, 6.07) is 7.81. The first-order chi connectivity index (χ1) is 9.70. The minimum absolute atomic E-state index is 0.150. The van der Waals surface area contributed by atoms with E-state index < -0.39 is 0 Å². The lowest BCUT2D eigenvalue weighted by molar-refractivity contribution is -0.0755. The first-order valence-corrected chi connectivity index (χ1v) is 7.10. The molecule has 1 aromatic carbocycles. The van der Waals surface area contributed by atoms with Crippen molar-refractivity contribution in [3.8, 4) is 5.75 Å². The third kappa shape index (κ3) is 2.49. The number of nitrogens with zero attached hydrogens (tertiary/aromatic N) is 1. The lowest BCUT2D eigenvalue weighted by Gasteiger charge is -2.13. The van der Waals surface area contributed by atoms with Crippen molar-refractivity contribution in [1.29, 1.82) is 0 Å². The van der Waals surface area contributed by atoms with Gasteiger partial charge in [-0.15, -0.1) is 11.3 Å². The summed E-state index contributed by atoms with van der Waals surface area (Å²) in [5.74, 6) is 0.412. The molecule has 0 bridgehead atoms. The second-order valence-electron chi connectivity index (χ2n) is 4.51. The predicted octanol–water partition coefficient (Wildman–Crippen LogP) is 2.31. The molecule has 5 nitrogen and oxygen atoms in total. The molecule has 1 aromatic heterocycles. The molecule has 0 spiro atoms. The first kappa shape index (κ1) is 13.4. The van der Waals surface area contributed by atoms with Crippen LogP contribution in [0.25, 0.3) is 10.1 Å². The Bertz CT molecular complexity index is 635. The second kappa shape index (κ2) is 5.40. The Morgan fingerprint density at radius 2 is 2.25 bits per heavy atom. The maximum atomic E-state index is 12.3. The topological polar surface area (TPSA) is 51.3 Å². The Labute approximate surface area is 120 Å². The monoisotopic (exact) mass is 293 g/mol. The van der Waals surface area contributed by atoms with Crippen LogP contribution >= 0.6 is 11.3 Å². The molecule has 1 amide bonds. The minimum atomic E-state index is -0.208. The SMILES string of the molecule is CON(C)C(=O)c1sc2ccccc2c1OCC1CO1. The highest BCUT2D eigenvalue weighted by atomic mass is 32.1. The molecule has 20 heavy (non-hydrogen) atoms. The van der Waals surface area contributed by atoms with E-state index in [-0.39, 0.29) is 12.0 Å².